The van der Waals surface area contributed by atoms with Gasteiger partial charge in [-0.3, -0.25) is 14.2 Å². The number of benzene rings is 2. The van der Waals surface area contributed by atoms with Gasteiger partial charge in [-0.2, -0.15) is 0 Å². The lowest BCUT2D eigenvalue weighted by molar-refractivity contribution is -0.122. The van der Waals surface area contributed by atoms with Gasteiger partial charge >= 0.3 is 0 Å². The molecule has 1 saturated heterocycles. The Morgan fingerprint density at radius 1 is 1.17 bits per heavy atom. The van der Waals surface area contributed by atoms with Crippen LogP contribution in [0.15, 0.2) is 41.2 Å². The van der Waals surface area contributed by atoms with Crippen molar-refractivity contribution in [1.82, 2.24) is 20.2 Å². The summed E-state index contributed by atoms with van der Waals surface area (Å²) in [7, 11) is 0. The molecule has 9 heteroatoms. The average molecular weight is 502 g/mol. The standard InChI is InChI=1S/C23H25ClFN5O2.C3H8/c1-14(2)27-21(31)13-30-22(15-3-5-19(25)18(24)11-15)28-20-6-4-16(12-17(20)23(30)32)29-9-7-26-8-10-29;1-3-2/h3-6,11-12,14,26H,7-10,13H2,1-2H3,(H,27,31);3H2,1-2H3. The number of hydrogen-bond acceptors (Lipinski definition) is 5. The second kappa shape index (κ2) is 12.1. The van der Waals surface area contributed by atoms with Crippen LogP contribution in [0, 0.1) is 5.82 Å². The highest BCUT2D eigenvalue weighted by molar-refractivity contribution is 6.31. The highest BCUT2D eigenvalue weighted by Crippen LogP contribution is 2.26. The number of nitrogens with one attached hydrogen (secondary N) is 2. The van der Waals surface area contributed by atoms with E-state index in [-0.39, 0.29) is 34.9 Å². The Labute approximate surface area is 210 Å². The summed E-state index contributed by atoms with van der Waals surface area (Å²) in [5.74, 6) is -0.613. The van der Waals surface area contributed by atoms with E-state index in [9.17, 15) is 14.0 Å². The van der Waals surface area contributed by atoms with Gasteiger partial charge in [0.25, 0.3) is 5.56 Å². The number of anilines is 1. The van der Waals surface area contributed by atoms with E-state index in [1.54, 1.807) is 6.07 Å². The molecule has 1 amide bonds. The van der Waals surface area contributed by atoms with Gasteiger partial charge in [0.15, 0.2) is 0 Å². The Hall–Kier alpha value is -2.97. The van der Waals surface area contributed by atoms with Crippen LogP contribution in [0.3, 0.4) is 0 Å². The highest BCUT2D eigenvalue weighted by atomic mass is 35.5. The van der Waals surface area contributed by atoms with Crippen LogP contribution in [0.2, 0.25) is 5.02 Å². The summed E-state index contributed by atoms with van der Waals surface area (Å²) in [6.07, 6.45) is 1.25. The first-order chi connectivity index (χ1) is 16.7. The van der Waals surface area contributed by atoms with Gasteiger partial charge in [-0.1, -0.05) is 31.9 Å². The number of fused-ring (bicyclic) bond motifs is 1. The molecule has 1 aromatic heterocycles. The summed E-state index contributed by atoms with van der Waals surface area (Å²) in [6.45, 7) is 11.2. The molecule has 0 aliphatic carbocycles. The second-order valence-corrected chi connectivity index (χ2v) is 9.23. The van der Waals surface area contributed by atoms with Gasteiger partial charge in [-0.05, 0) is 50.2 Å². The van der Waals surface area contributed by atoms with Crippen LogP contribution >= 0.6 is 11.6 Å². The van der Waals surface area contributed by atoms with Crippen LogP contribution < -0.4 is 21.1 Å². The van der Waals surface area contributed by atoms with Crippen LogP contribution in [-0.2, 0) is 11.3 Å². The Bertz CT molecular complexity index is 1240. The van der Waals surface area contributed by atoms with Crippen LogP contribution in [0.1, 0.15) is 34.1 Å². The molecule has 0 radical (unpaired) electrons. The van der Waals surface area contributed by atoms with Crippen molar-refractivity contribution in [2.24, 2.45) is 0 Å². The number of carbonyl (C=O) groups excluding carboxylic acids is 1. The molecular formula is C26H33ClFN5O2. The number of amides is 1. The van der Waals surface area contributed by atoms with Gasteiger partial charge in [0.1, 0.15) is 18.2 Å². The molecule has 2 heterocycles. The fourth-order valence-electron chi connectivity index (χ4n) is 3.84. The molecule has 1 aliphatic heterocycles. The van der Waals surface area contributed by atoms with Crippen molar-refractivity contribution in [2.45, 2.75) is 46.7 Å². The summed E-state index contributed by atoms with van der Waals surface area (Å²) in [5.41, 5.74) is 1.57. The Kier molecular flexibility index (Phi) is 9.23. The predicted octanol–water partition coefficient (Wildman–Crippen LogP) is 4.21. The lowest BCUT2D eigenvalue weighted by Crippen LogP contribution is -2.43. The molecule has 1 fully saturated rings. The first-order valence-corrected chi connectivity index (χ1v) is 12.4. The van der Waals surface area contributed by atoms with Gasteiger partial charge in [0.05, 0.1) is 15.9 Å². The van der Waals surface area contributed by atoms with Crippen molar-refractivity contribution < 1.29 is 9.18 Å². The fourth-order valence-corrected chi connectivity index (χ4v) is 4.02. The maximum atomic E-state index is 13.7. The van der Waals surface area contributed by atoms with Crippen LogP contribution in [0.4, 0.5) is 10.1 Å². The lowest BCUT2D eigenvalue weighted by atomic mass is 10.1. The molecule has 3 aromatic rings. The maximum Gasteiger partial charge on any atom is 0.262 e. The van der Waals surface area contributed by atoms with E-state index in [2.05, 4.69) is 34.4 Å². The molecule has 0 bridgehead atoms. The fraction of sp³-hybridized carbons (Fsp3) is 0.423. The minimum atomic E-state index is -0.566. The van der Waals surface area contributed by atoms with Crippen LogP contribution in [0.25, 0.3) is 22.3 Å². The molecule has 1 aliphatic rings. The minimum Gasteiger partial charge on any atom is -0.369 e. The number of piperazine rings is 1. The van der Waals surface area contributed by atoms with E-state index >= 15 is 0 Å². The minimum absolute atomic E-state index is 0.0744. The van der Waals surface area contributed by atoms with Crippen LogP contribution in [0.5, 0.6) is 0 Å². The first-order valence-electron chi connectivity index (χ1n) is 12.0. The number of halogens is 2. The van der Waals surface area contributed by atoms with Gasteiger partial charge < -0.3 is 15.5 Å². The number of rotatable bonds is 5. The third-order valence-electron chi connectivity index (χ3n) is 5.35. The molecule has 7 nitrogen and oxygen atoms in total. The van der Waals surface area contributed by atoms with Crippen molar-refractivity contribution in [1.29, 1.82) is 0 Å². The van der Waals surface area contributed by atoms with Crippen molar-refractivity contribution >= 4 is 34.1 Å². The zero-order valence-corrected chi connectivity index (χ0v) is 21.5. The van der Waals surface area contributed by atoms with E-state index < -0.39 is 5.82 Å². The third kappa shape index (κ3) is 6.58. The summed E-state index contributed by atoms with van der Waals surface area (Å²) >= 11 is 5.98. The second-order valence-electron chi connectivity index (χ2n) is 8.82. The largest absolute Gasteiger partial charge is 0.369 e. The van der Waals surface area contributed by atoms with E-state index in [0.29, 0.717) is 16.5 Å². The van der Waals surface area contributed by atoms with Gasteiger partial charge in [-0.25, -0.2) is 9.37 Å². The van der Waals surface area contributed by atoms with E-state index in [0.717, 1.165) is 31.9 Å². The number of carbonyl (C=O) groups is 1. The van der Waals surface area contributed by atoms with Gasteiger partial charge in [0.2, 0.25) is 5.91 Å². The topological polar surface area (TPSA) is 79.3 Å². The molecule has 4 rings (SSSR count). The first kappa shape index (κ1) is 26.6. The summed E-state index contributed by atoms with van der Waals surface area (Å²) < 4.78 is 15.1. The monoisotopic (exact) mass is 501 g/mol. The Morgan fingerprint density at radius 3 is 2.49 bits per heavy atom. The molecule has 188 valence electrons. The van der Waals surface area contributed by atoms with Crippen molar-refractivity contribution in [3.8, 4) is 11.4 Å². The van der Waals surface area contributed by atoms with Crippen molar-refractivity contribution in [2.75, 3.05) is 31.1 Å². The number of aromatic nitrogens is 2. The molecular weight excluding hydrogens is 469 g/mol. The smallest absolute Gasteiger partial charge is 0.262 e. The summed E-state index contributed by atoms with van der Waals surface area (Å²) in [6, 6.07) is 9.64. The van der Waals surface area contributed by atoms with Gasteiger partial charge in [0, 0.05) is 43.5 Å². The molecule has 0 atom stereocenters. The molecule has 0 spiro atoms. The predicted molar refractivity (Wildman–Crippen MR) is 141 cm³/mol. The van der Waals surface area contributed by atoms with Gasteiger partial charge in [-0.15, -0.1) is 0 Å². The number of hydrogen-bond donors (Lipinski definition) is 2. The normalized spacial score (nSPS) is 13.5. The molecule has 2 N–H and O–H groups in total. The third-order valence-corrected chi connectivity index (χ3v) is 5.64. The summed E-state index contributed by atoms with van der Waals surface area (Å²) in [5, 5.41) is 6.46. The average Bonchev–Trinajstić information content (AvgIpc) is 2.83. The SMILES string of the molecule is CC(C)NC(=O)Cn1c(-c2ccc(F)c(Cl)c2)nc2ccc(N3CCNCC3)cc2c1=O.CCC. The zero-order valence-electron chi connectivity index (χ0n) is 20.7. The van der Waals surface area contributed by atoms with E-state index in [1.807, 2.05) is 26.0 Å². The Balaban J connectivity index is 0.00000108. The maximum absolute atomic E-state index is 13.7. The molecule has 35 heavy (non-hydrogen) atoms. The van der Waals surface area contributed by atoms with Crippen molar-refractivity contribution in [3.05, 3.63) is 57.6 Å². The zero-order chi connectivity index (χ0) is 25.5. The van der Waals surface area contributed by atoms with Crippen molar-refractivity contribution in [3.63, 3.8) is 0 Å². The van der Waals surface area contributed by atoms with E-state index in [1.165, 1.54) is 29.2 Å². The molecule has 0 saturated carbocycles. The Morgan fingerprint density at radius 2 is 1.86 bits per heavy atom. The molecule has 0 unspecified atom stereocenters. The van der Waals surface area contributed by atoms with Crippen LogP contribution in [-0.4, -0.2) is 47.7 Å². The quantitative estimate of drug-likeness (QED) is 0.547. The molecule has 2 aromatic carbocycles. The summed E-state index contributed by atoms with van der Waals surface area (Å²) in [4.78, 5) is 32.9. The van der Waals surface area contributed by atoms with E-state index in [4.69, 9.17) is 11.6 Å². The number of nitrogens with zero attached hydrogens (tertiary/aromatic N) is 3. The lowest BCUT2D eigenvalue weighted by Gasteiger charge is -2.29. The highest BCUT2D eigenvalue weighted by Gasteiger charge is 2.19.